The molecule has 0 spiro atoms. The number of rotatable bonds is 7. The van der Waals surface area contributed by atoms with Crippen molar-refractivity contribution in [3.63, 3.8) is 0 Å². The number of fused-ring (bicyclic) bond motifs is 1. The number of likely N-dealkylation sites (tertiary alicyclic amines) is 1. The van der Waals surface area contributed by atoms with Crippen LogP contribution in [0.2, 0.25) is 0 Å². The molecule has 4 heteroatoms. The van der Waals surface area contributed by atoms with Crippen molar-refractivity contribution in [2.45, 2.75) is 69.3 Å². The lowest BCUT2D eigenvalue weighted by molar-refractivity contribution is -0.00722. The molecule has 0 bridgehead atoms. The summed E-state index contributed by atoms with van der Waals surface area (Å²) < 4.78 is 0. The molecule has 4 rings (SSSR count). The van der Waals surface area contributed by atoms with E-state index in [0.717, 1.165) is 51.7 Å². The van der Waals surface area contributed by atoms with E-state index < -0.39 is 0 Å². The smallest absolute Gasteiger partial charge is 0.248 e. The Morgan fingerprint density at radius 2 is 1.96 bits per heavy atom. The number of aliphatic hydroxyl groups is 1. The number of carbonyl (C=O) groups is 1. The van der Waals surface area contributed by atoms with Crippen molar-refractivity contribution in [1.29, 1.82) is 0 Å². The average Bonchev–Trinajstić information content (AvgIpc) is 3.04. The molecule has 1 amide bonds. The quantitative estimate of drug-likeness (QED) is 0.775. The van der Waals surface area contributed by atoms with E-state index in [1.54, 1.807) is 6.07 Å². The fourth-order valence-corrected chi connectivity index (χ4v) is 6.07. The van der Waals surface area contributed by atoms with Crippen LogP contribution in [0.5, 0.6) is 0 Å². The Balaban J connectivity index is 1.30. The molecule has 2 atom stereocenters. The number of nitrogens with zero attached hydrogens (tertiary/aromatic N) is 1. The van der Waals surface area contributed by atoms with Crippen LogP contribution in [0, 0.1) is 17.9 Å². The molecule has 1 radical (unpaired) electrons. The van der Waals surface area contributed by atoms with Crippen LogP contribution in [-0.4, -0.2) is 41.1 Å². The average molecular weight is 370 g/mol. The van der Waals surface area contributed by atoms with E-state index in [4.69, 9.17) is 5.73 Å². The second-order valence-electron chi connectivity index (χ2n) is 9.11. The van der Waals surface area contributed by atoms with E-state index >= 15 is 0 Å². The van der Waals surface area contributed by atoms with Gasteiger partial charge in [0.1, 0.15) is 0 Å². The SMILES string of the molecule is CCC1(c2[c]cc(C(N)=O)cc2)C2CN(CCCC3(O)CCCCC3)CC21. The summed E-state index contributed by atoms with van der Waals surface area (Å²) in [5.74, 6) is 1.03. The van der Waals surface area contributed by atoms with Crippen LogP contribution < -0.4 is 5.73 Å². The minimum absolute atomic E-state index is 0.244. The molecular weight excluding hydrogens is 336 g/mol. The summed E-state index contributed by atoms with van der Waals surface area (Å²) in [4.78, 5) is 13.9. The van der Waals surface area contributed by atoms with Crippen molar-refractivity contribution in [2.75, 3.05) is 19.6 Å². The molecule has 1 heterocycles. The second kappa shape index (κ2) is 7.21. The zero-order valence-corrected chi connectivity index (χ0v) is 16.5. The van der Waals surface area contributed by atoms with E-state index in [1.807, 2.05) is 6.07 Å². The van der Waals surface area contributed by atoms with Crippen molar-refractivity contribution in [3.8, 4) is 0 Å². The zero-order valence-electron chi connectivity index (χ0n) is 16.5. The molecule has 3 fully saturated rings. The Morgan fingerprint density at radius 1 is 1.26 bits per heavy atom. The molecule has 1 aromatic carbocycles. The van der Waals surface area contributed by atoms with E-state index in [-0.39, 0.29) is 16.9 Å². The number of hydrogen-bond donors (Lipinski definition) is 2. The van der Waals surface area contributed by atoms with E-state index in [1.165, 1.54) is 24.8 Å². The Hall–Kier alpha value is -1.39. The molecule has 1 aliphatic heterocycles. The van der Waals surface area contributed by atoms with E-state index in [0.29, 0.717) is 17.4 Å². The summed E-state index contributed by atoms with van der Waals surface area (Å²) >= 11 is 0. The zero-order chi connectivity index (χ0) is 19.1. The third-order valence-corrected chi connectivity index (χ3v) is 7.69. The molecule has 1 saturated heterocycles. The Bertz CT molecular complexity index is 666. The Kier molecular flexibility index (Phi) is 5.06. The third kappa shape index (κ3) is 3.42. The predicted octanol–water partition coefficient (Wildman–Crippen LogP) is 3.27. The first-order valence-corrected chi connectivity index (χ1v) is 10.8. The van der Waals surface area contributed by atoms with Gasteiger partial charge in [0.2, 0.25) is 5.91 Å². The first-order valence-electron chi connectivity index (χ1n) is 10.8. The molecule has 1 aromatic rings. The van der Waals surface area contributed by atoms with Gasteiger partial charge in [-0.2, -0.15) is 0 Å². The molecule has 2 unspecified atom stereocenters. The molecule has 2 saturated carbocycles. The summed E-state index contributed by atoms with van der Waals surface area (Å²) in [6.45, 7) is 5.70. The first kappa shape index (κ1) is 18.9. The van der Waals surface area contributed by atoms with Gasteiger partial charge in [-0.15, -0.1) is 0 Å². The van der Waals surface area contributed by atoms with Crippen molar-refractivity contribution < 1.29 is 9.90 Å². The summed E-state index contributed by atoms with van der Waals surface area (Å²) in [7, 11) is 0. The number of hydrogen-bond acceptors (Lipinski definition) is 3. The fourth-order valence-electron chi connectivity index (χ4n) is 6.07. The highest BCUT2D eigenvalue weighted by Gasteiger charge is 2.67. The predicted molar refractivity (Wildman–Crippen MR) is 106 cm³/mol. The van der Waals surface area contributed by atoms with Gasteiger partial charge in [-0.25, -0.2) is 0 Å². The van der Waals surface area contributed by atoms with Crippen LogP contribution in [0.3, 0.4) is 0 Å². The largest absolute Gasteiger partial charge is 0.390 e. The second-order valence-corrected chi connectivity index (χ2v) is 9.11. The standard InChI is InChI=1S/C23H33N2O2/c1-2-23(18-9-7-17(8-10-18)21(24)26)19-15-25(16-20(19)23)14-6-13-22(27)11-4-3-5-12-22/h7-9,19-20,27H,2-6,11-16H2,1H3,(H2,24,26). The molecule has 3 N–H and O–H groups in total. The highest BCUT2D eigenvalue weighted by Crippen LogP contribution is 2.65. The van der Waals surface area contributed by atoms with Gasteiger partial charge in [0.15, 0.2) is 0 Å². The van der Waals surface area contributed by atoms with Gasteiger partial charge >= 0.3 is 0 Å². The first-order chi connectivity index (χ1) is 13.0. The summed E-state index contributed by atoms with van der Waals surface area (Å²) in [5, 5.41) is 10.7. The van der Waals surface area contributed by atoms with Crippen molar-refractivity contribution >= 4 is 5.91 Å². The van der Waals surface area contributed by atoms with Gasteiger partial charge < -0.3 is 15.7 Å². The fraction of sp³-hybridized carbons (Fsp3) is 0.696. The molecular formula is C23H33N2O2. The monoisotopic (exact) mass is 369 g/mol. The van der Waals surface area contributed by atoms with Crippen molar-refractivity contribution in [2.24, 2.45) is 17.6 Å². The number of nitrogens with two attached hydrogens (primary N) is 1. The number of amides is 1. The number of primary amides is 1. The van der Waals surface area contributed by atoms with Crippen LogP contribution in [0.25, 0.3) is 0 Å². The topological polar surface area (TPSA) is 66.6 Å². The van der Waals surface area contributed by atoms with Gasteiger partial charge in [0, 0.05) is 24.1 Å². The maximum atomic E-state index is 11.3. The van der Waals surface area contributed by atoms with Gasteiger partial charge in [-0.3, -0.25) is 4.79 Å². The maximum absolute atomic E-state index is 11.3. The lowest BCUT2D eigenvalue weighted by Gasteiger charge is -2.33. The molecule has 0 aromatic heterocycles. The third-order valence-electron chi connectivity index (χ3n) is 7.69. The molecule has 27 heavy (non-hydrogen) atoms. The minimum atomic E-state index is -0.384. The van der Waals surface area contributed by atoms with Gasteiger partial charge in [-0.05, 0) is 74.2 Å². The van der Waals surface area contributed by atoms with E-state index in [2.05, 4.69) is 24.0 Å². The molecule has 4 nitrogen and oxygen atoms in total. The van der Waals surface area contributed by atoms with Crippen LogP contribution in [-0.2, 0) is 5.41 Å². The highest BCUT2D eigenvalue weighted by molar-refractivity contribution is 5.92. The van der Waals surface area contributed by atoms with Crippen molar-refractivity contribution in [1.82, 2.24) is 4.90 Å². The van der Waals surface area contributed by atoms with Crippen LogP contribution in [0.1, 0.15) is 74.2 Å². The number of piperidine rings is 1. The van der Waals surface area contributed by atoms with Crippen LogP contribution in [0.15, 0.2) is 18.2 Å². The van der Waals surface area contributed by atoms with Crippen LogP contribution >= 0.6 is 0 Å². The summed E-state index contributed by atoms with van der Waals surface area (Å²) in [6, 6.07) is 9.02. The molecule has 147 valence electrons. The minimum Gasteiger partial charge on any atom is -0.390 e. The van der Waals surface area contributed by atoms with Crippen molar-refractivity contribution in [3.05, 3.63) is 35.4 Å². The highest BCUT2D eigenvalue weighted by atomic mass is 16.3. The van der Waals surface area contributed by atoms with Gasteiger partial charge in [-0.1, -0.05) is 32.3 Å². The summed E-state index contributed by atoms with van der Waals surface area (Å²) in [6.07, 6.45) is 8.84. The number of benzene rings is 1. The molecule has 2 aliphatic carbocycles. The Morgan fingerprint density at radius 3 is 2.52 bits per heavy atom. The molecule has 3 aliphatic rings. The number of carbonyl (C=O) groups excluding carboxylic acids is 1. The van der Waals surface area contributed by atoms with E-state index in [9.17, 15) is 9.90 Å². The Labute approximate surface area is 163 Å². The summed E-state index contributed by atoms with van der Waals surface area (Å²) in [5.41, 5.74) is 7.01. The lowest BCUT2D eigenvalue weighted by atomic mass is 9.81. The van der Waals surface area contributed by atoms with Gasteiger partial charge in [0.05, 0.1) is 5.60 Å². The maximum Gasteiger partial charge on any atom is 0.248 e. The van der Waals surface area contributed by atoms with Gasteiger partial charge in [0.25, 0.3) is 0 Å². The normalized spacial score (nSPS) is 32.2. The van der Waals surface area contributed by atoms with Crippen LogP contribution in [0.4, 0.5) is 0 Å². The lowest BCUT2D eigenvalue weighted by Crippen LogP contribution is -2.34.